The molecule has 0 bridgehead atoms. The van der Waals surface area contributed by atoms with Crippen molar-refractivity contribution in [2.24, 2.45) is 0 Å². The quantitative estimate of drug-likeness (QED) is 0.680. The van der Waals surface area contributed by atoms with Crippen LogP contribution >= 0.6 is 22.6 Å². The van der Waals surface area contributed by atoms with Crippen LogP contribution in [0.25, 0.3) is 0 Å². The molecule has 1 unspecified atom stereocenters. The lowest BCUT2D eigenvalue weighted by Gasteiger charge is -2.28. The Balaban J connectivity index is 2.86. The highest BCUT2D eigenvalue weighted by atomic mass is 127. The number of halogens is 1. The maximum atomic E-state index is 6.01. The molecule has 3 heteroatoms. The molecule has 0 aliphatic rings. The van der Waals surface area contributed by atoms with E-state index in [1.54, 1.807) is 0 Å². The number of nitrogen functional groups attached to an aromatic ring is 1. The van der Waals surface area contributed by atoms with Crippen molar-refractivity contribution in [3.8, 4) is 0 Å². The fraction of sp³-hybridized carbons (Fsp3) is 0.500. The zero-order valence-electron chi connectivity index (χ0n) is 9.63. The Bertz CT molecular complexity index is 325. The Morgan fingerprint density at radius 3 is 2.67 bits per heavy atom. The summed E-state index contributed by atoms with van der Waals surface area (Å²) in [5.74, 6) is 0. The summed E-state index contributed by atoms with van der Waals surface area (Å²) in [7, 11) is 2.11. The molecule has 0 saturated carbocycles. The first kappa shape index (κ1) is 12.6. The normalized spacial score (nSPS) is 12.5. The molecule has 1 aromatic carbocycles. The second-order valence-electron chi connectivity index (χ2n) is 3.95. The zero-order valence-corrected chi connectivity index (χ0v) is 11.8. The van der Waals surface area contributed by atoms with E-state index in [0.717, 1.165) is 11.4 Å². The number of benzene rings is 1. The van der Waals surface area contributed by atoms with Crippen molar-refractivity contribution in [3.63, 3.8) is 0 Å². The number of hydrogen-bond acceptors (Lipinski definition) is 2. The van der Waals surface area contributed by atoms with Crippen LogP contribution in [0.4, 0.5) is 11.4 Å². The average Bonchev–Trinajstić information content (AvgIpc) is 2.17. The molecule has 0 aromatic heterocycles. The number of anilines is 2. The summed E-state index contributed by atoms with van der Waals surface area (Å²) in [6.45, 7) is 4.45. The number of hydrogen-bond donors (Lipinski definition) is 1. The fourth-order valence-electron chi connectivity index (χ4n) is 1.70. The molecule has 0 amide bonds. The summed E-state index contributed by atoms with van der Waals surface area (Å²) in [4.78, 5) is 2.26. The summed E-state index contributed by atoms with van der Waals surface area (Å²) < 4.78 is 1.19. The summed E-state index contributed by atoms with van der Waals surface area (Å²) in [6, 6.07) is 6.76. The van der Waals surface area contributed by atoms with Gasteiger partial charge in [0.25, 0.3) is 0 Å². The lowest BCUT2D eigenvalue weighted by Crippen LogP contribution is -2.29. The maximum absolute atomic E-state index is 6.01. The first-order valence-corrected chi connectivity index (χ1v) is 6.42. The summed E-state index contributed by atoms with van der Waals surface area (Å²) in [5, 5.41) is 0. The van der Waals surface area contributed by atoms with Gasteiger partial charge < -0.3 is 10.6 Å². The van der Waals surface area contributed by atoms with E-state index < -0.39 is 0 Å². The molecule has 0 radical (unpaired) electrons. The highest BCUT2D eigenvalue weighted by Gasteiger charge is 2.11. The Hall–Kier alpha value is -0.450. The third-order valence-electron chi connectivity index (χ3n) is 2.74. The first-order chi connectivity index (χ1) is 7.06. The molecule has 2 N–H and O–H groups in total. The van der Waals surface area contributed by atoms with Crippen molar-refractivity contribution in [2.75, 3.05) is 17.7 Å². The van der Waals surface area contributed by atoms with Gasteiger partial charge in [0.15, 0.2) is 0 Å². The van der Waals surface area contributed by atoms with Gasteiger partial charge in [-0.15, -0.1) is 0 Å². The van der Waals surface area contributed by atoms with Crippen LogP contribution in [-0.4, -0.2) is 13.1 Å². The molecule has 1 aromatic rings. The standard InChI is InChI=1S/C12H19IN2/c1-4-5-9(2)15(3)12-7-6-10(13)8-11(12)14/h6-9H,4-5,14H2,1-3H3. The van der Waals surface area contributed by atoms with Crippen LogP contribution in [0.5, 0.6) is 0 Å². The highest BCUT2D eigenvalue weighted by Crippen LogP contribution is 2.26. The van der Waals surface area contributed by atoms with Gasteiger partial charge >= 0.3 is 0 Å². The average molecular weight is 318 g/mol. The van der Waals surface area contributed by atoms with Crippen LogP contribution in [0, 0.1) is 3.57 Å². The van der Waals surface area contributed by atoms with Crippen LogP contribution in [0.2, 0.25) is 0 Å². The lowest BCUT2D eigenvalue weighted by atomic mass is 10.1. The van der Waals surface area contributed by atoms with Crippen molar-refractivity contribution >= 4 is 34.0 Å². The molecule has 2 nitrogen and oxygen atoms in total. The van der Waals surface area contributed by atoms with Crippen molar-refractivity contribution in [1.82, 2.24) is 0 Å². The molecular weight excluding hydrogens is 299 g/mol. The molecule has 1 rings (SSSR count). The van der Waals surface area contributed by atoms with Gasteiger partial charge in [-0.3, -0.25) is 0 Å². The third kappa shape index (κ3) is 3.26. The molecule has 0 fully saturated rings. The van der Waals surface area contributed by atoms with Crippen LogP contribution in [-0.2, 0) is 0 Å². The van der Waals surface area contributed by atoms with E-state index in [-0.39, 0.29) is 0 Å². The second kappa shape index (κ2) is 5.58. The van der Waals surface area contributed by atoms with E-state index in [0.29, 0.717) is 6.04 Å². The van der Waals surface area contributed by atoms with Gasteiger partial charge in [-0.25, -0.2) is 0 Å². The van der Waals surface area contributed by atoms with Crippen LogP contribution in [0.1, 0.15) is 26.7 Å². The minimum absolute atomic E-state index is 0.539. The van der Waals surface area contributed by atoms with E-state index in [1.165, 1.54) is 16.4 Å². The summed E-state index contributed by atoms with van der Waals surface area (Å²) in [5.41, 5.74) is 8.01. The molecule has 0 heterocycles. The van der Waals surface area contributed by atoms with Gasteiger partial charge in [-0.05, 0) is 54.1 Å². The van der Waals surface area contributed by atoms with E-state index in [2.05, 4.69) is 60.5 Å². The van der Waals surface area contributed by atoms with Gasteiger partial charge in [0.2, 0.25) is 0 Å². The third-order valence-corrected chi connectivity index (χ3v) is 3.41. The van der Waals surface area contributed by atoms with E-state index in [1.807, 2.05) is 6.07 Å². The fourth-order valence-corrected chi connectivity index (χ4v) is 2.21. The largest absolute Gasteiger partial charge is 0.397 e. The van der Waals surface area contributed by atoms with Gasteiger partial charge in [0.05, 0.1) is 11.4 Å². The molecule has 0 aliphatic carbocycles. The first-order valence-electron chi connectivity index (χ1n) is 5.34. The van der Waals surface area contributed by atoms with Crippen LogP contribution < -0.4 is 10.6 Å². The van der Waals surface area contributed by atoms with Crippen molar-refractivity contribution in [3.05, 3.63) is 21.8 Å². The highest BCUT2D eigenvalue weighted by molar-refractivity contribution is 14.1. The predicted molar refractivity (Wildman–Crippen MR) is 76.3 cm³/mol. The smallest absolute Gasteiger partial charge is 0.0600 e. The number of nitrogens with zero attached hydrogens (tertiary/aromatic N) is 1. The number of nitrogens with two attached hydrogens (primary N) is 1. The Morgan fingerprint density at radius 1 is 1.47 bits per heavy atom. The maximum Gasteiger partial charge on any atom is 0.0600 e. The van der Waals surface area contributed by atoms with Crippen molar-refractivity contribution < 1.29 is 0 Å². The number of rotatable bonds is 4. The lowest BCUT2D eigenvalue weighted by molar-refractivity contribution is 0.616. The van der Waals surface area contributed by atoms with Crippen molar-refractivity contribution in [1.29, 1.82) is 0 Å². The van der Waals surface area contributed by atoms with Gasteiger partial charge in [-0.1, -0.05) is 13.3 Å². The van der Waals surface area contributed by atoms with Gasteiger partial charge in [-0.2, -0.15) is 0 Å². The Labute approximate surface area is 106 Å². The Morgan fingerprint density at radius 2 is 2.13 bits per heavy atom. The van der Waals surface area contributed by atoms with E-state index >= 15 is 0 Å². The predicted octanol–water partition coefficient (Wildman–Crippen LogP) is 3.50. The molecule has 1 atom stereocenters. The Kier molecular flexibility index (Phi) is 4.70. The molecular formula is C12H19IN2. The molecule has 84 valence electrons. The van der Waals surface area contributed by atoms with Gasteiger partial charge in [0, 0.05) is 16.7 Å². The van der Waals surface area contributed by atoms with E-state index in [9.17, 15) is 0 Å². The summed E-state index contributed by atoms with van der Waals surface area (Å²) in [6.07, 6.45) is 2.40. The van der Waals surface area contributed by atoms with Crippen LogP contribution in [0.3, 0.4) is 0 Å². The zero-order chi connectivity index (χ0) is 11.4. The summed E-state index contributed by atoms with van der Waals surface area (Å²) >= 11 is 2.28. The second-order valence-corrected chi connectivity index (χ2v) is 5.20. The van der Waals surface area contributed by atoms with E-state index in [4.69, 9.17) is 5.73 Å². The monoisotopic (exact) mass is 318 g/mol. The van der Waals surface area contributed by atoms with Gasteiger partial charge in [0.1, 0.15) is 0 Å². The molecule has 15 heavy (non-hydrogen) atoms. The topological polar surface area (TPSA) is 29.3 Å². The minimum atomic E-state index is 0.539. The SMILES string of the molecule is CCCC(C)N(C)c1ccc(I)cc1N. The molecule has 0 aliphatic heterocycles. The molecule has 0 saturated heterocycles. The van der Waals surface area contributed by atoms with Crippen molar-refractivity contribution in [2.45, 2.75) is 32.7 Å². The van der Waals surface area contributed by atoms with Crippen LogP contribution in [0.15, 0.2) is 18.2 Å². The minimum Gasteiger partial charge on any atom is -0.397 e. The molecule has 0 spiro atoms.